The lowest BCUT2D eigenvalue weighted by Gasteiger charge is -2.52. The Labute approximate surface area is 135 Å². The molecule has 1 aliphatic carbocycles. The summed E-state index contributed by atoms with van der Waals surface area (Å²) in [5, 5.41) is 0.748. The standard InChI is InChI=1S/C19H18ClNO/c20-14-6-8-15(9-7-14)21-16-10-11-17(18(22)12-16)19(21)13-4-2-1-3-5-13/h1-9,16-17,19H,10-12H2/t16-,17+,19+/m1/s1. The van der Waals surface area contributed by atoms with Gasteiger partial charge in [0, 0.05) is 29.1 Å². The number of hydrogen-bond donors (Lipinski definition) is 0. The number of anilines is 1. The van der Waals surface area contributed by atoms with Gasteiger partial charge in [-0.2, -0.15) is 0 Å². The Kier molecular flexibility index (Phi) is 3.42. The number of carbonyl (C=O) groups is 1. The fourth-order valence-electron chi connectivity index (χ4n) is 4.04. The van der Waals surface area contributed by atoms with Crippen molar-refractivity contribution in [3.63, 3.8) is 0 Å². The van der Waals surface area contributed by atoms with Crippen molar-refractivity contribution >= 4 is 23.1 Å². The number of halogens is 1. The Balaban J connectivity index is 1.80. The third-order valence-corrected chi connectivity index (χ3v) is 5.25. The molecule has 2 saturated heterocycles. The number of fused-ring (bicyclic) bond motifs is 3. The summed E-state index contributed by atoms with van der Waals surface area (Å²) in [4.78, 5) is 14.9. The topological polar surface area (TPSA) is 20.3 Å². The fourth-order valence-corrected chi connectivity index (χ4v) is 4.16. The molecular weight excluding hydrogens is 294 g/mol. The van der Waals surface area contributed by atoms with E-state index in [1.807, 2.05) is 18.2 Å². The van der Waals surface area contributed by atoms with Crippen LogP contribution in [0.3, 0.4) is 0 Å². The second-order valence-corrected chi connectivity index (χ2v) is 6.68. The highest BCUT2D eigenvalue weighted by atomic mass is 35.5. The first-order chi connectivity index (χ1) is 10.7. The van der Waals surface area contributed by atoms with Crippen LogP contribution in [0.25, 0.3) is 0 Å². The van der Waals surface area contributed by atoms with Gasteiger partial charge in [-0.15, -0.1) is 0 Å². The molecule has 112 valence electrons. The molecule has 0 aromatic heterocycles. The molecule has 22 heavy (non-hydrogen) atoms. The zero-order valence-corrected chi connectivity index (χ0v) is 13.0. The summed E-state index contributed by atoms with van der Waals surface area (Å²) in [7, 11) is 0. The number of piperidine rings is 2. The van der Waals surface area contributed by atoms with Gasteiger partial charge in [0.2, 0.25) is 0 Å². The molecule has 0 spiro atoms. The Morgan fingerprint density at radius 2 is 1.68 bits per heavy atom. The predicted octanol–water partition coefficient (Wildman–Crippen LogP) is 4.64. The van der Waals surface area contributed by atoms with E-state index in [4.69, 9.17) is 11.6 Å². The maximum atomic E-state index is 12.4. The fraction of sp³-hybridized carbons (Fsp3) is 0.316. The molecule has 2 bridgehead atoms. The molecule has 2 heterocycles. The summed E-state index contributed by atoms with van der Waals surface area (Å²) in [5.41, 5.74) is 2.40. The number of nitrogens with zero attached hydrogens (tertiary/aromatic N) is 1. The Morgan fingerprint density at radius 1 is 0.955 bits per heavy atom. The molecule has 0 unspecified atom stereocenters. The van der Waals surface area contributed by atoms with Crippen molar-refractivity contribution in [3.05, 3.63) is 65.2 Å². The van der Waals surface area contributed by atoms with Gasteiger partial charge in [-0.25, -0.2) is 0 Å². The number of benzene rings is 2. The van der Waals surface area contributed by atoms with Crippen LogP contribution in [0.4, 0.5) is 5.69 Å². The molecule has 3 atom stereocenters. The molecule has 2 aliphatic heterocycles. The number of ketones is 1. The number of rotatable bonds is 2. The van der Waals surface area contributed by atoms with Crippen molar-refractivity contribution in [2.24, 2.45) is 5.92 Å². The number of carbonyl (C=O) groups excluding carboxylic acids is 1. The predicted molar refractivity (Wildman–Crippen MR) is 89.3 cm³/mol. The van der Waals surface area contributed by atoms with Crippen LogP contribution in [0, 0.1) is 5.92 Å². The maximum Gasteiger partial charge on any atom is 0.140 e. The van der Waals surface area contributed by atoms with E-state index >= 15 is 0 Å². The summed E-state index contributed by atoms with van der Waals surface area (Å²) < 4.78 is 0. The average molecular weight is 312 g/mol. The van der Waals surface area contributed by atoms with E-state index in [1.54, 1.807) is 0 Å². The molecule has 2 aromatic carbocycles. The van der Waals surface area contributed by atoms with E-state index in [1.165, 1.54) is 11.3 Å². The molecule has 3 aliphatic rings. The SMILES string of the molecule is O=C1C[C@H]2CC[C@@H]1[C@H](c1ccccc1)N2c1ccc(Cl)cc1. The van der Waals surface area contributed by atoms with E-state index in [2.05, 4.69) is 41.3 Å². The zero-order valence-electron chi connectivity index (χ0n) is 12.3. The second-order valence-electron chi connectivity index (χ2n) is 6.25. The Bertz CT molecular complexity index is 682. The van der Waals surface area contributed by atoms with Crippen molar-refractivity contribution in [2.75, 3.05) is 4.90 Å². The summed E-state index contributed by atoms with van der Waals surface area (Å²) in [5.74, 6) is 0.540. The highest BCUT2D eigenvalue weighted by molar-refractivity contribution is 6.30. The molecule has 3 fully saturated rings. The minimum absolute atomic E-state index is 0.114. The first-order valence-corrected chi connectivity index (χ1v) is 8.23. The monoisotopic (exact) mass is 311 g/mol. The first-order valence-electron chi connectivity index (χ1n) is 7.85. The van der Waals surface area contributed by atoms with Gasteiger partial charge < -0.3 is 4.90 Å². The lowest BCUT2D eigenvalue weighted by atomic mass is 9.71. The Hall–Kier alpha value is -1.80. The van der Waals surface area contributed by atoms with E-state index in [0.717, 1.165) is 17.9 Å². The highest BCUT2D eigenvalue weighted by Gasteiger charge is 2.47. The molecule has 1 saturated carbocycles. The van der Waals surface area contributed by atoms with Gasteiger partial charge >= 0.3 is 0 Å². The quantitative estimate of drug-likeness (QED) is 0.805. The molecule has 0 N–H and O–H groups in total. The Morgan fingerprint density at radius 3 is 2.36 bits per heavy atom. The van der Waals surface area contributed by atoms with Crippen molar-refractivity contribution in [3.8, 4) is 0 Å². The van der Waals surface area contributed by atoms with Crippen LogP contribution in [0.1, 0.15) is 30.9 Å². The summed E-state index contributed by atoms with van der Waals surface area (Å²) in [6.45, 7) is 0. The lowest BCUT2D eigenvalue weighted by molar-refractivity contribution is -0.128. The van der Waals surface area contributed by atoms with Crippen LogP contribution < -0.4 is 4.90 Å². The van der Waals surface area contributed by atoms with Crippen LogP contribution in [0.15, 0.2) is 54.6 Å². The van der Waals surface area contributed by atoms with Crippen LogP contribution >= 0.6 is 11.6 Å². The summed E-state index contributed by atoms with van der Waals surface area (Å²) in [6, 6.07) is 18.9. The molecular formula is C19H18ClNO. The first kappa shape index (κ1) is 13.8. The molecule has 5 rings (SSSR count). The smallest absolute Gasteiger partial charge is 0.140 e. The minimum Gasteiger partial charge on any atom is -0.360 e. The van der Waals surface area contributed by atoms with E-state index in [9.17, 15) is 4.79 Å². The largest absolute Gasteiger partial charge is 0.360 e. The van der Waals surface area contributed by atoms with E-state index < -0.39 is 0 Å². The number of Topliss-reactive ketones (excluding diaryl/α,β-unsaturated/α-hetero) is 1. The molecule has 0 radical (unpaired) electrons. The van der Waals surface area contributed by atoms with Crippen molar-refractivity contribution in [1.82, 2.24) is 0 Å². The third kappa shape index (κ3) is 2.22. The van der Waals surface area contributed by atoms with Gasteiger partial charge in [0.05, 0.1) is 6.04 Å². The lowest BCUT2D eigenvalue weighted by Crippen LogP contribution is -2.54. The maximum absolute atomic E-state index is 12.4. The molecule has 2 aromatic rings. The molecule has 2 nitrogen and oxygen atoms in total. The van der Waals surface area contributed by atoms with Crippen LogP contribution in [-0.4, -0.2) is 11.8 Å². The third-order valence-electron chi connectivity index (χ3n) is 5.00. The van der Waals surface area contributed by atoms with E-state index in [0.29, 0.717) is 18.2 Å². The molecule has 3 heteroatoms. The van der Waals surface area contributed by atoms with Crippen LogP contribution in [0.2, 0.25) is 5.02 Å². The van der Waals surface area contributed by atoms with Crippen LogP contribution in [-0.2, 0) is 4.79 Å². The van der Waals surface area contributed by atoms with Gasteiger partial charge in [0.1, 0.15) is 5.78 Å². The number of hydrogen-bond acceptors (Lipinski definition) is 2. The van der Waals surface area contributed by atoms with Crippen molar-refractivity contribution < 1.29 is 4.79 Å². The normalized spacial score (nSPS) is 27.2. The van der Waals surface area contributed by atoms with Gasteiger partial charge in [-0.1, -0.05) is 41.9 Å². The summed E-state index contributed by atoms with van der Waals surface area (Å²) >= 11 is 6.03. The van der Waals surface area contributed by atoms with Gasteiger partial charge in [-0.05, 0) is 42.7 Å². The van der Waals surface area contributed by atoms with Gasteiger partial charge in [0.15, 0.2) is 0 Å². The van der Waals surface area contributed by atoms with Gasteiger partial charge in [0.25, 0.3) is 0 Å². The van der Waals surface area contributed by atoms with Crippen molar-refractivity contribution in [1.29, 1.82) is 0 Å². The zero-order chi connectivity index (χ0) is 15.1. The van der Waals surface area contributed by atoms with Gasteiger partial charge in [-0.3, -0.25) is 4.79 Å². The summed E-state index contributed by atoms with van der Waals surface area (Å²) in [6.07, 6.45) is 2.78. The van der Waals surface area contributed by atoms with E-state index in [-0.39, 0.29) is 12.0 Å². The highest BCUT2D eigenvalue weighted by Crippen LogP contribution is 2.47. The average Bonchev–Trinajstić information content (AvgIpc) is 2.56. The van der Waals surface area contributed by atoms with Crippen molar-refractivity contribution in [2.45, 2.75) is 31.3 Å². The second kappa shape index (κ2) is 5.44. The minimum atomic E-state index is 0.114. The van der Waals surface area contributed by atoms with Crippen LogP contribution in [0.5, 0.6) is 0 Å². The molecule has 0 amide bonds.